The van der Waals surface area contributed by atoms with E-state index in [1.165, 1.54) is 6.07 Å². The second-order valence-corrected chi connectivity index (χ2v) is 4.77. The highest BCUT2D eigenvalue weighted by molar-refractivity contribution is 5.55. The normalized spacial score (nSPS) is 19.6. The van der Waals surface area contributed by atoms with Gasteiger partial charge in [-0.3, -0.25) is 9.89 Å². The third-order valence-corrected chi connectivity index (χ3v) is 3.26. The first-order valence-electron chi connectivity index (χ1n) is 6.34. The molecule has 3 rings (SSSR count). The summed E-state index contributed by atoms with van der Waals surface area (Å²) in [4.78, 5) is 20.3. The van der Waals surface area contributed by atoms with Crippen LogP contribution in [0.1, 0.15) is 12.8 Å². The third kappa shape index (κ3) is 2.50. The fourth-order valence-corrected chi connectivity index (χ4v) is 2.31. The Bertz CT molecular complexity index is 618. The van der Waals surface area contributed by atoms with E-state index in [1.807, 2.05) is 0 Å². The molecular formula is C12H16N6O. The van der Waals surface area contributed by atoms with Crippen LogP contribution >= 0.6 is 0 Å². The second kappa shape index (κ2) is 4.85. The maximum absolute atomic E-state index is 11.3. The molecule has 1 aliphatic rings. The van der Waals surface area contributed by atoms with Gasteiger partial charge in [-0.25, -0.2) is 0 Å². The van der Waals surface area contributed by atoms with Crippen LogP contribution in [-0.2, 0) is 0 Å². The SMILES string of the molecule is NC1CCCN(c2n[nH]c(-c3cc[nH]c(=O)c3)n2)C1. The summed E-state index contributed by atoms with van der Waals surface area (Å²) in [5.74, 6) is 1.24. The fourth-order valence-electron chi connectivity index (χ4n) is 2.31. The predicted molar refractivity (Wildman–Crippen MR) is 71.9 cm³/mol. The topological polar surface area (TPSA) is 104 Å². The van der Waals surface area contributed by atoms with E-state index in [9.17, 15) is 4.79 Å². The van der Waals surface area contributed by atoms with Crippen molar-refractivity contribution in [3.05, 3.63) is 28.7 Å². The lowest BCUT2D eigenvalue weighted by molar-refractivity contribution is 0.500. The zero-order valence-electron chi connectivity index (χ0n) is 10.5. The number of rotatable bonds is 2. The molecule has 0 aliphatic carbocycles. The highest BCUT2D eigenvalue weighted by Gasteiger charge is 2.20. The van der Waals surface area contributed by atoms with Crippen molar-refractivity contribution in [3.8, 4) is 11.4 Å². The molecule has 0 bridgehead atoms. The van der Waals surface area contributed by atoms with Crippen LogP contribution in [0, 0.1) is 0 Å². The molecule has 0 saturated carbocycles. The van der Waals surface area contributed by atoms with Crippen LogP contribution in [0.25, 0.3) is 11.4 Å². The zero-order valence-corrected chi connectivity index (χ0v) is 10.5. The highest BCUT2D eigenvalue weighted by Crippen LogP contribution is 2.18. The lowest BCUT2D eigenvalue weighted by Gasteiger charge is -2.29. The number of piperidine rings is 1. The summed E-state index contributed by atoms with van der Waals surface area (Å²) in [5, 5.41) is 7.07. The van der Waals surface area contributed by atoms with Crippen molar-refractivity contribution < 1.29 is 0 Å². The monoisotopic (exact) mass is 260 g/mol. The molecule has 1 fully saturated rings. The highest BCUT2D eigenvalue weighted by atomic mass is 16.1. The van der Waals surface area contributed by atoms with Crippen LogP contribution < -0.4 is 16.2 Å². The van der Waals surface area contributed by atoms with E-state index in [0.29, 0.717) is 11.8 Å². The molecule has 0 spiro atoms. The Kier molecular flexibility index (Phi) is 3.04. The molecule has 0 radical (unpaired) electrons. The molecule has 19 heavy (non-hydrogen) atoms. The van der Waals surface area contributed by atoms with Crippen LogP contribution in [0.3, 0.4) is 0 Å². The summed E-state index contributed by atoms with van der Waals surface area (Å²) >= 11 is 0. The van der Waals surface area contributed by atoms with Gasteiger partial charge in [-0.2, -0.15) is 4.98 Å². The lowest BCUT2D eigenvalue weighted by Crippen LogP contribution is -2.43. The molecule has 0 aromatic carbocycles. The van der Waals surface area contributed by atoms with Gasteiger partial charge in [-0.15, -0.1) is 5.10 Å². The summed E-state index contributed by atoms with van der Waals surface area (Å²) in [6.45, 7) is 1.69. The summed E-state index contributed by atoms with van der Waals surface area (Å²) in [6, 6.07) is 3.45. The fraction of sp³-hybridized carbons (Fsp3) is 0.417. The second-order valence-electron chi connectivity index (χ2n) is 4.77. The number of aromatic nitrogens is 4. The van der Waals surface area contributed by atoms with Gasteiger partial charge in [0.2, 0.25) is 11.5 Å². The first-order chi connectivity index (χ1) is 9.22. The Morgan fingerprint density at radius 1 is 1.47 bits per heavy atom. The minimum absolute atomic E-state index is 0.157. The number of nitrogens with zero attached hydrogens (tertiary/aromatic N) is 3. The molecule has 3 heterocycles. The van der Waals surface area contributed by atoms with E-state index < -0.39 is 0 Å². The van der Waals surface area contributed by atoms with Gasteiger partial charge in [0.1, 0.15) is 0 Å². The average molecular weight is 260 g/mol. The van der Waals surface area contributed by atoms with Crippen LogP contribution in [0.2, 0.25) is 0 Å². The predicted octanol–water partition coefficient (Wildman–Crippen LogP) is 0.0875. The zero-order chi connectivity index (χ0) is 13.2. The Morgan fingerprint density at radius 3 is 3.16 bits per heavy atom. The van der Waals surface area contributed by atoms with Gasteiger partial charge in [-0.1, -0.05) is 0 Å². The molecule has 0 amide bonds. The van der Waals surface area contributed by atoms with Gasteiger partial charge >= 0.3 is 0 Å². The minimum atomic E-state index is -0.157. The molecule has 2 aromatic heterocycles. The van der Waals surface area contributed by atoms with Crippen molar-refractivity contribution in [2.75, 3.05) is 18.0 Å². The Balaban J connectivity index is 1.85. The third-order valence-electron chi connectivity index (χ3n) is 3.26. The van der Waals surface area contributed by atoms with Crippen LogP contribution in [0.4, 0.5) is 5.95 Å². The number of hydrogen-bond donors (Lipinski definition) is 3. The molecule has 4 N–H and O–H groups in total. The molecular weight excluding hydrogens is 244 g/mol. The summed E-state index contributed by atoms with van der Waals surface area (Å²) < 4.78 is 0. The number of H-pyrrole nitrogens is 2. The summed E-state index contributed by atoms with van der Waals surface area (Å²) in [6.07, 6.45) is 3.69. The van der Waals surface area contributed by atoms with Crippen molar-refractivity contribution in [1.82, 2.24) is 20.2 Å². The molecule has 100 valence electrons. The number of aromatic amines is 2. The van der Waals surface area contributed by atoms with E-state index in [1.54, 1.807) is 12.3 Å². The van der Waals surface area contributed by atoms with Gasteiger partial charge in [0, 0.05) is 37.0 Å². The number of nitrogens with one attached hydrogen (secondary N) is 2. The quantitative estimate of drug-likeness (QED) is 0.710. The van der Waals surface area contributed by atoms with Gasteiger partial charge < -0.3 is 15.6 Å². The Hall–Kier alpha value is -2.15. The van der Waals surface area contributed by atoms with Gasteiger partial charge in [0.15, 0.2) is 5.82 Å². The number of anilines is 1. The Morgan fingerprint density at radius 2 is 2.37 bits per heavy atom. The lowest BCUT2D eigenvalue weighted by atomic mass is 10.1. The van der Waals surface area contributed by atoms with E-state index in [0.717, 1.165) is 31.5 Å². The minimum Gasteiger partial charge on any atom is -0.338 e. The number of nitrogens with two attached hydrogens (primary N) is 1. The summed E-state index contributed by atoms with van der Waals surface area (Å²) in [5.41, 5.74) is 6.52. The smallest absolute Gasteiger partial charge is 0.248 e. The van der Waals surface area contributed by atoms with Crippen molar-refractivity contribution >= 4 is 5.95 Å². The van der Waals surface area contributed by atoms with Gasteiger partial charge in [-0.05, 0) is 18.9 Å². The molecule has 1 saturated heterocycles. The maximum atomic E-state index is 11.3. The summed E-state index contributed by atoms with van der Waals surface area (Å²) in [7, 11) is 0. The molecule has 7 heteroatoms. The number of hydrogen-bond acceptors (Lipinski definition) is 5. The van der Waals surface area contributed by atoms with E-state index in [2.05, 4.69) is 25.1 Å². The molecule has 1 atom stereocenters. The molecule has 1 unspecified atom stereocenters. The first-order valence-corrected chi connectivity index (χ1v) is 6.34. The maximum Gasteiger partial charge on any atom is 0.248 e. The molecule has 2 aromatic rings. The van der Waals surface area contributed by atoms with E-state index in [4.69, 9.17) is 5.73 Å². The molecule has 1 aliphatic heterocycles. The number of pyridine rings is 1. The van der Waals surface area contributed by atoms with Crippen LogP contribution in [-0.4, -0.2) is 39.3 Å². The van der Waals surface area contributed by atoms with E-state index in [-0.39, 0.29) is 11.6 Å². The van der Waals surface area contributed by atoms with Crippen molar-refractivity contribution in [2.45, 2.75) is 18.9 Å². The average Bonchev–Trinajstić information content (AvgIpc) is 2.88. The van der Waals surface area contributed by atoms with Crippen molar-refractivity contribution in [3.63, 3.8) is 0 Å². The van der Waals surface area contributed by atoms with E-state index >= 15 is 0 Å². The van der Waals surface area contributed by atoms with Crippen LogP contribution in [0.15, 0.2) is 23.1 Å². The first kappa shape index (κ1) is 11.9. The molecule has 7 nitrogen and oxygen atoms in total. The Labute approximate surface area is 109 Å². The largest absolute Gasteiger partial charge is 0.338 e. The van der Waals surface area contributed by atoms with Gasteiger partial charge in [0.25, 0.3) is 0 Å². The standard InChI is InChI=1S/C12H16N6O/c13-9-2-1-5-18(7-9)12-15-11(16-17-12)8-3-4-14-10(19)6-8/h3-4,6,9H,1-2,5,7,13H2,(H,14,19)(H,15,16,17). The van der Waals surface area contributed by atoms with Gasteiger partial charge in [0.05, 0.1) is 0 Å². The van der Waals surface area contributed by atoms with Crippen molar-refractivity contribution in [2.24, 2.45) is 5.73 Å². The van der Waals surface area contributed by atoms with Crippen molar-refractivity contribution in [1.29, 1.82) is 0 Å². The van der Waals surface area contributed by atoms with Crippen LogP contribution in [0.5, 0.6) is 0 Å².